The molecule has 1 fully saturated rings. The van der Waals surface area contributed by atoms with Crippen molar-refractivity contribution in [3.8, 4) is 6.01 Å². The van der Waals surface area contributed by atoms with Gasteiger partial charge in [-0.05, 0) is 0 Å². The molecule has 1 aromatic heterocycles. The minimum absolute atomic E-state index is 0.0296. The van der Waals surface area contributed by atoms with Gasteiger partial charge in [-0.3, -0.25) is 0 Å². The van der Waals surface area contributed by atoms with Gasteiger partial charge in [0.1, 0.15) is 11.9 Å². The number of anilines is 1. The van der Waals surface area contributed by atoms with Gasteiger partial charge in [0.2, 0.25) is 5.95 Å². The van der Waals surface area contributed by atoms with Crippen molar-refractivity contribution in [2.75, 3.05) is 18.9 Å². The Bertz CT molecular complexity index is 308. The first-order valence-corrected chi connectivity index (χ1v) is 4.28. The molecule has 2 heterocycles. The van der Waals surface area contributed by atoms with Crippen molar-refractivity contribution in [1.29, 1.82) is 0 Å². The summed E-state index contributed by atoms with van der Waals surface area (Å²) >= 11 is 0. The Morgan fingerprint density at radius 3 is 3.07 bits per heavy atom. The molecule has 76 valence electrons. The third kappa shape index (κ3) is 2.08. The predicted octanol–water partition coefficient (Wildman–Crippen LogP) is 0.366. The number of nitrogen functional groups attached to an aromatic ring is 1. The summed E-state index contributed by atoms with van der Waals surface area (Å²) in [6.45, 7) is 1.13. The summed E-state index contributed by atoms with van der Waals surface area (Å²) in [5.74, 6) is -0.627. The van der Waals surface area contributed by atoms with Crippen LogP contribution in [0.1, 0.15) is 6.42 Å². The molecule has 1 aromatic rings. The lowest BCUT2D eigenvalue weighted by Crippen LogP contribution is -2.17. The maximum atomic E-state index is 12.8. The second-order valence-electron chi connectivity index (χ2n) is 3.00. The van der Waals surface area contributed by atoms with Gasteiger partial charge in [0.25, 0.3) is 0 Å². The summed E-state index contributed by atoms with van der Waals surface area (Å²) in [4.78, 5) is 7.21. The molecule has 0 unspecified atom stereocenters. The summed E-state index contributed by atoms with van der Waals surface area (Å²) in [7, 11) is 0. The minimum Gasteiger partial charge on any atom is -0.457 e. The fourth-order valence-corrected chi connectivity index (χ4v) is 1.22. The van der Waals surface area contributed by atoms with Crippen molar-refractivity contribution >= 4 is 5.82 Å². The smallest absolute Gasteiger partial charge is 0.321 e. The van der Waals surface area contributed by atoms with Crippen LogP contribution in [0, 0.1) is 5.95 Å². The maximum absolute atomic E-state index is 12.8. The predicted molar refractivity (Wildman–Crippen MR) is 46.3 cm³/mol. The Balaban J connectivity index is 2.07. The van der Waals surface area contributed by atoms with E-state index in [1.807, 2.05) is 0 Å². The lowest BCUT2D eigenvalue weighted by molar-refractivity contribution is 0.133. The van der Waals surface area contributed by atoms with E-state index >= 15 is 0 Å². The molecular formula is C8H10FN3O2. The van der Waals surface area contributed by atoms with Crippen LogP contribution in [0.4, 0.5) is 10.2 Å². The first kappa shape index (κ1) is 9.14. The molecule has 0 bridgehead atoms. The van der Waals surface area contributed by atoms with Crippen LogP contribution in [-0.2, 0) is 4.74 Å². The van der Waals surface area contributed by atoms with E-state index in [1.54, 1.807) is 0 Å². The number of nitrogens with zero attached hydrogens (tertiary/aromatic N) is 2. The molecule has 1 saturated heterocycles. The zero-order chi connectivity index (χ0) is 9.97. The standard InChI is InChI=1S/C8H10FN3O2/c9-6-3-7(10)12-8(11-6)14-5-1-2-13-4-5/h3,5H,1-2,4H2,(H2,10,11,12)/t5-/m0/s1. The lowest BCUT2D eigenvalue weighted by Gasteiger charge is -2.09. The van der Waals surface area contributed by atoms with Gasteiger partial charge in [-0.15, -0.1) is 0 Å². The largest absolute Gasteiger partial charge is 0.457 e. The molecule has 0 aliphatic carbocycles. The average Bonchev–Trinajstić information content (AvgIpc) is 2.54. The van der Waals surface area contributed by atoms with E-state index in [4.69, 9.17) is 15.2 Å². The fraction of sp³-hybridized carbons (Fsp3) is 0.500. The molecule has 1 aliphatic rings. The van der Waals surface area contributed by atoms with E-state index in [2.05, 4.69) is 9.97 Å². The number of aromatic nitrogens is 2. The van der Waals surface area contributed by atoms with Crippen LogP contribution in [-0.4, -0.2) is 29.3 Å². The molecule has 0 radical (unpaired) electrons. The van der Waals surface area contributed by atoms with E-state index in [9.17, 15) is 4.39 Å². The Hall–Kier alpha value is -1.43. The average molecular weight is 199 g/mol. The SMILES string of the molecule is Nc1cc(F)nc(O[C@H]2CCOC2)n1. The number of rotatable bonds is 2. The van der Waals surface area contributed by atoms with Gasteiger partial charge in [-0.2, -0.15) is 14.4 Å². The number of nitrogens with two attached hydrogens (primary N) is 1. The maximum Gasteiger partial charge on any atom is 0.321 e. The molecule has 2 rings (SSSR count). The second kappa shape index (κ2) is 3.75. The third-order valence-corrected chi connectivity index (χ3v) is 1.85. The highest BCUT2D eigenvalue weighted by Crippen LogP contribution is 2.13. The first-order valence-electron chi connectivity index (χ1n) is 4.28. The molecule has 6 heteroatoms. The highest BCUT2D eigenvalue weighted by atomic mass is 19.1. The number of hydrogen-bond acceptors (Lipinski definition) is 5. The molecule has 0 spiro atoms. The van der Waals surface area contributed by atoms with Crippen molar-refractivity contribution in [3.05, 3.63) is 12.0 Å². The van der Waals surface area contributed by atoms with E-state index in [1.165, 1.54) is 0 Å². The van der Waals surface area contributed by atoms with E-state index in [0.717, 1.165) is 12.5 Å². The summed E-state index contributed by atoms with van der Waals surface area (Å²) in [5.41, 5.74) is 5.33. The van der Waals surface area contributed by atoms with Crippen LogP contribution in [0.3, 0.4) is 0 Å². The van der Waals surface area contributed by atoms with Gasteiger partial charge in [0.05, 0.1) is 13.2 Å². The lowest BCUT2D eigenvalue weighted by atomic mass is 10.3. The quantitative estimate of drug-likeness (QED) is 0.696. The van der Waals surface area contributed by atoms with Gasteiger partial charge < -0.3 is 15.2 Å². The van der Waals surface area contributed by atoms with Crippen molar-refractivity contribution < 1.29 is 13.9 Å². The summed E-state index contributed by atoms with van der Waals surface area (Å²) in [6, 6.07) is 1.01. The Kier molecular flexibility index (Phi) is 2.45. The zero-order valence-corrected chi connectivity index (χ0v) is 7.44. The van der Waals surface area contributed by atoms with Gasteiger partial charge >= 0.3 is 6.01 Å². The van der Waals surface area contributed by atoms with Crippen LogP contribution < -0.4 is 10.5 Å². The molecule has 0 aromatic carbocycles. The Morgan fingerprint density at radius 1 is 1.57 bits per heavy atom. The molecule has 0 saturated carbocycles. The molecule has 14 heavy (non-hydrogen) atoms. The Labute approximate surface area is 80.1 Å². The molecular weight excluding hydrogens is 189 g/mol. The van der Waals surface area contributed by atoms with Crippen molar-refractivity contribution in [2.24, 2.45) is 0 Å². The summed E-state index contributed by atoms with van der Waals surface area (Å²) < 4.78 is 23.1. The first-order chi connectivity index (χ1) is 6.74. The van der Waals surface area contributed by atoms with Crippen molar-refractivity contribution in [2.45, 2.75) is 12.5 Å². The van der Waals surface area contributed by atoms with Gasteiger partial charge in [-0.25, -0.2) is 0 Å². The third-order valence-electron chi connectivity index (χ3n) is 1.85. The van der Waals surface area contributed by atoms with E-state index in [-0.39, 0.29) is 17.9 Å². The van der Waals surface area contributed by atoms with Gasteiger partial charge in [0.15, 0.2) is 0 Å². The topological polar surface area (TPSA) is 70.3 Å². The highest BCUT2D eigenvalue weighted by Gasteiger charge is 2.18. The van der Waals surface area contributed by atoms with Crippen LogP contribution in [0.15, 0.2) is 6.07 Å². The van der Waals surface area contributed by atoms with Gasteiger partial charge in [-0.1, -0.05) is 0 Å². The van der Waals surface area contributed by atoms with Crippen LogP contribution in [0.2, 0.25) is 0 Å². The summed E-state index contributed by atoms with van der Waals surface area (Å²) in [6.07, 6.45) is 0.663. The molecule has 2 N–H and O–H groups in total. The molecule has 0 amide bonds. The minimum atomic E-state index is -0.689. The van der Waals surface area contributed by atoms with Crippen molar-refractivity contribution in [3.63, 3.8) is 0 Å². The highest BCUT2D eigenvalue weighted by molar-refractivity contribution is 5.27. The normalized spacial score (nSPS) is 21.1. The second-order valence-corrected chi connectivity index (χ2v) is 3.00. The van der Waals surface area contributed by atoms with Crippen LogP contribution in [0.25, 0.3) is 0 Å². The van der Waals surface area contributed by atoms with Crippen molar-refractivity contribution in [1.82, 2.24) is 9.97 Å². The fourth-order valence-electron chi connectivity index (χ4n) is 1.22. The number of hydrogen-bond donors (Lipinski definition) is 1. The molecule has 5 nitrogen and oxygen atoms in total. The van der Waals surface area contributed by atoms with E-state index in [0.29, 0.717) is 13.2 Å². The van der Waals surface area contributed by atoms with E-state index < -0.39 is 5.95 Å². The Morgan fingerprint density at radius 2 is 2.43 bits per heavy atom. The molecule has 1 aliphatic heterocycles. The molecule has 1 atom stereocenters. The zero-order valence-electron chi connectivity index (χ0n) is 7.44. The number of ether oxygens (including phenoxy) is 2. The monoisotopic (exact) mass is 199 g/mol. The summed E-state index contributed by atoms with van der Waals surface area (Å²) in [5, 5.41) is 0. The number of halogens is 1. The van der Waals surface area contributed by atoms with Crippen LogP contribution in [0.5, 0.6) is 6.01 Å². The van der Waals surface area contributed by atoms with Gasteiger partial charge in [0, 0.05) is 12.5 Å². The van der Waals surface area contributed by atoms with Crippen LogP contribution >= 0.6 is 0 Å².